The number of carbonyl (C=O) groups excluding carboxylic acids is 1. The van der Waals surface area contributed by atoms with Gasteiger partial charge < -0.3 is 4.90 Å². The number of aromatic nitrogens is 2. The van der Waals surface area contributed by atoms with Crippen molar-refractivity contribution >= 4 is 27.5 Å². The second-order valence-electron chi connectivity index (χ2n) is 4.62. The molecule has 0 aliphatic heterocycles. The van der Waals surface area contributed by atoms with Crippen LogP contribution in [0.25, 0.3) is 10.2 Å². The lowest BCUT2D eigenvalue weighted by Gasteiger charge is -2.19. The molecule has 0 saturated carbocycles. The maximum atomic E-state index is 12.4. The van der Waals surface area contributed by atoms with Crippen molar-refractivity contribution in [2.24, 2.45) is 0 Å². The zero-order valence-electron chi connectivity index (χ0n) is 12.5. The average molecular weight is 309 g/mol. The van der Waals surface area contributed by atoms with Crippen LogP contribution in [-0.2, 0) is 17.9 Å². The van der Waals surface area contributed by atoms with Crippen LogP contribution in [0.5, 0.6) is 0 Å². The second-order valence-corrected chi connectivity index (χ2v) is 5.54. The highest BCUT2D eigenvalue weighted by atomic mass is 32.1. The molecule has 0 aliphatic rings. The molecule has 0 aromatic carbocycles. The van der Waals surface area contributed by atoms with E-state index in [1.165, 1.54) is 20.5 Å². The van der Waals surface area contributed by atoms with Crippen LogP contribution in [0, 0.1) is 0 Å². The van der Waals surface area contributed by atoms with E-state index in [4.69, 9.17) is 0 Å². The van der Waals surface area contributed by atoms with Crippen LogP contribution in [0.2, 0.25) is 0 Å². The highest BCUT2D eigenvalue weighted by Gasteiger charge is 2.17. The molecule has 114 valence electrons. The summed E-state index contributed by atoms with van der Waals surface area (Å²) in [4.78, 5) is 38.5. The van der Waals surface area contributed by atoms with E-state index < -0.39 is 5.69 Å². The Morgan fingerprint density at radius 3 is 2.43 bits per heavy atom. The Morgan fingerprint density at radius 2 is 1.86 bits per heavy atom. The van der Waals surface area contributed by atoms with Crippen molar-refractivity contribution in [3.05, 3.63) is 32.3 Å². The summed E-state index contributed by atoms with van der Waals surface area (Å²) in [6.07, 6.45) is 0. The molecule has 0 fully saturated rings. The molecule has 2 aromatic heterocycles. The van der Waals surface area contributed by atoms with E-state index in [9.17, 15) is 14.4 Å². The quantitative estimate of drug-likeness (QED) is 0.831. The Bertz CT molecular complexity index is 768. The molecule has 7 heteroatoms. The number of hydrogen-bond acceptors (Lipinski definition) is 4. The van der Waals surface area contributed by atoms with Crippen molar-refractivity contribution in [1.82, 2.24) is 14.0 Å². The standard InChI is InChI=1S/C14H19N3O3S/c1-4-15(5-2)11(18)9-17-10-7-8-21-12(10)13(19)16(6-3)14(17)20/h7-8H,4-6,9H2,1-3H3. The Hall–Kier alpha value is -1.89. The summed E-state index contributed by atoms with van der Waals surface area (Å²) in [5.41, 5.74) is -0.159. The lowest BCUT2D eigenvalue weighted by atomic mass is 10.4. The number of likely N-dealkylation sites (N-methyl/N-ethyl adjacent to an activating group) is 1. The molecule has 0 saturated heterocycles. The van der Waals surface area contributed by atoms with Gasteiger partial charge in [-0.2, -0.15) is 0 Å². The number of hydrogen-bond donors (Lipinski definition) is 0. The number of nitrogens with zero attached hydrogens (tertiary/aromatic N) is 3. The van der Waals surface area contributed by atoms with Gasteiger partial charge in [0.05, 0.1) is 5.52 Å². The fraction of sp³-hybridized carbons (Fsp3) is 0.500. The summed E-state index contributed by atoms with van der Waals surface area (Å²) >= 11 is 1.30. The van der Waals surface area contributed by atoms with Crippen molar-refractivity contribution in [3.8, 4) is 0 Å². The topological polar surface area (TPSA) is 64.3 Å². The number of amides is 1. The van der Waals surface area contributed by atoms with Gasteiger partial charge in [-0.25, -0.2) is 4.79 Å². The molecular formula is C14H19N3O3S. The van der Waals surface area contributed by atoms with E-state index in [1.807, 2.05) is 13.8 Å². The van der Waals surface area contributed by atoms with Crippen molar-refractivity contribution in [2.45, 2.75) is 33.9 Å². The van der Waals surface area contributed by atoms with Crippen molar-refractivity contribution in [1.29, 1.82) is 0 Å². The van der Waals surface area contributed by atoms with Gasteiger partial charge >= 0.3 is 5.69 Å². The molecule has 0 atom stereocenters. The predicted molar refractivity (Wildman–Crippen MR) is 83.9 cm³/mol. The molecule has 2 rings (SSSR count). The summed E-state index contributed by atoms with van der Waals surface area (Å²) in [5.74, 6) is -0.115. The van der Waals surface area contributed by atoms with Gasteiger partial charge in [-0.05, 0) is 32.2 Å². The van der Waals surface area contributed by atoms with Crippen LogP contribution >= 0.6 is 11.3 Å². The van der Waals surface area contributed by atoms with Crippen LogP contribution in [0.1, 0.15) is 20.8 Å². The summed E-state index contributed by atoms with van der Waals surface area (Å²) in [6.45, 7) is 7.01. The third kappa shape index (κ3) is 2.65. The first kappa shape index (κ1) is 15.5. The first-order valence-corrected chi connectivity index (χ1v) is 7.91. The molecule has 21 heavy (non-hydrogen) atoms. The summed E-state index contributed by atoms with van der Waals surface area (Å²) < 4.78 is 3.09. The number of carbonyl (C=O) groups is 1. The van der Waals surface area contributed by atoms with Crippen molar-refractivity contribution in [2.75, 3.05) is 13.1 Å². The Balaban J connectivity index is 2.59. The monoisotopic (exact) mass is 309 g/mol. The molecule has 6 nitrogen and oxygen atoms in total. The maximum Gasteiger partial charge on any atom is 0.331 e. The minimum atomic E-state index is -0.422. The number of fused-ring (bicyclic) bond motifs is 1. The summed E-state index contributed by atoms with van der Waals surface area (Å²) in [5, 5.41) is 1.77. The van der Waals surface area contributed by atoms with Crippen LogP contribution < -0.4 is 11.2 Å². The van der Waals surface area contributed by atoms with Gasteiger partial charge in [-0.1, -0.05) is 0 Å². The van der Waals surface area contributed by atoms with Crippen LogP contribution in [0.15, 0.2) is 21.0 Å². The van der Waals surface area contributed by atoms with Gasteiger partial charge in [-0.15, -0.1) is 11.3 Å². The molecule has 0 N–H and O–H groups in total. The zero-order valence-corrected chi connectivity index (χ0v) is 13.3. The smallest absolute Gasteiger partial charge is 0.331 e. The zero-order chi connectivity index (χ0) is 15.6. The normalized spacial score (nSPS) is 11.0. The van der Waals surface area contributed by atoms with E-state index in [0.29, 0.717) is 29.9 Å². The first-order chi connectivity index (χ1) is 10.0. The van der Waals surface area contributed by atoms with Gasteiger partial charge in [-0.3, -0.25) is 18.7 Å². The third-order valence-electron chi connectivity index (χ3n) is 3.56. The fourth-order valence-corrected chi connectivity index (χ4v) is 3.22. The molecule has 0 aliphatic carbocycles. The highest BCUT2D eigenvalue weighted by molar-refractivity contribution is 7.17. The van der Waals surface area contributed by atoms with Gasteiger partial charge in [0.1, 0.15) is 11.2 Å². The minimum absolute atomic E-state index is 0.0337. The largest absolute Gasteiger partial charge is 0.342 e. The Morgan fingerprint density at radius 1 is 1.19 bits per heavy atom. The lowest BCUT2D eigenvalue weighted by molar-refractivity contribution is -0.131. The van der Waals surface area contributed by atoms with Crippen LogP contribution in [0.4, 0.5) is 0 Å². The van der Waals surface area contributed by atoms with Gasteiger partial charge in [0.15, 0.2) is 0 Å². The number of thiophene rings is 1. The maximum absolute atomic E-state index is 12.4. The van der Waals surface area contributed by atoms with Gasteiger partial charge in [0, 0.05) is 19.6 Å². The van der Waals surface area contributed by atoms with E-state index in [1.54, 1.807) is 23.3 Å². The number of rotatable bonds is 5. The molecule has 1 amide bonds. The van der Waals surface area contributed by atoms with Crippen LogP contribution in [-0.4, -0.2) is 33.0 Å². The van der Waals surface area contributed by atoms with Gasteiger partial charge in [0.25, 0.3) is 5.56 Å². The second kappa shape index (κ2) is 6.26. The average Bonchev–Trinajstić information content (AvgIpc) is 2.95. The first-order valence-electron chi connectivity index (χ1n) is 7.03. The molecule has 0 unspecified atom stereocenters. The minimum Gasteiger partial charge on any atom is -0.342 e. The molecule has 2 aromatic rings. The summed E-state index contributed by atoms with van der Waals surface area (Å²) in [6, 6.07) is 1.72. The highest BCUT2D eigenvalue weighted by Crippen LogP contribution is 2.15. The third-order valence-corrected chi connectivity index (χ3v) is 4.45. The van der Waals surface area contributed by atoms with Crippen LogP contribution in [0.3, 0.4) is 0 Å². The SMILES string of the molecule is CCN(CC)C(=O)Cn1c(=O)n(CC)c(=O)c2sccc21. The predicted octanol–water partition coefficient (Wildman–Crippen LogP) is 1.11. The molecule has 0 bridgehead atoms. The Labute approximate surface area is 126 Å². The van der Waals surface area contributed by atoms with E-state index in [2.05, 4.69) is 0 Å². The molecule has 0 radical (unpaired) electrons. The van der Waals surface area contributed by atoms with E-state index in [-0.39, 0.29) is 18.0 Å². The fourth-order valence-electron chi connectivity index (χ4n) is 2.38. The Kier molecular flexibility index (Phi) is 4.62. The van der Waals surface area contributed by atoms with Crippen molar-refractivity contribution < 1.29 is 4.79 Å². The van der Waals surface area contributed by atoms with E-state index >= 15 is 0 Å². The van der Waals surface area contributed by atoms with Gasteiger partial charge in [0.2, 0.25) is 5.91 Å². The van der Waals surface area contributed by atoms with Crippen molar-refractivity contribution in [3.63, 3.8) is 0 Å². The lowest BCUT2D eigenvalue weighted by Crippen LogP contribution is -2.42. The summed E-state index contributed by atoms with van der Waals surface area (Å²) in [7, 11) is 0. The molecular weight excluding hydrogens is 290 g/mol. The molecule has 2 heterocycles. The van der Waals surface area contributed by atoms with E-state index in [0.717, 1.165) is 0 Å². The molecule has 0 spiro atoms.